The summed E-state index contributed by atoms with van der Waals surface area (Å²) in [6, 6.07) is 17.5. The number of benzene rings is 3. The summed E-state index contributed by atoms with van der Waals surface area (Å²) in [5.41, 5.74) is -0.494. The van der Waals surface area contributed by atoms with E-state index in [-0.39, 0.29) is 11.3 Å². The molecule has 0 radical (unpaired) electrons. The summed E-state index contributed by atoms with van der Waals surface area (Å²) >= 11 is 0. The number of carbonyl (C=O) groups is 2. The summed E-state index contributed by atoms with van der Waals surface area (Å²) in [5.74, 6) is -0.0288. The molecule has 1 heterocycles. The van der Waals surface area contributed by atoms with Gasteiger partial charge in [0, 0.05) is 16.8 Å². The highest BCUT2D eigenvalue weighted by Crippen LogP contribution is 2.29. The first kappa shape index (κ1) is 23.8. The molecule has 1 aromatic heterocycles. The van der Waals surface area contributed by atoms with Crippen molar-refractivity contribution in [3.8, 4) is 11.5 Å². The van der Waals surface area contributed by atoms with Crippen molar-refractivity contribution in [1.29, 1.82) is 0 Å². The Hall–Kier alpha value is -4.33. The zero-order chi connectivity index (χ0) is 25.2. The fourth-order valence-electron chi connectivity index (χ4n) is 3.61. The molecule has 0 aliphatic rings. The molecule has 4 aromatic rings. The summed E-state index contributed by atoms with van der Waals surface area (Å²) in [6.45, 7) is 5.18. The Morgan fingerprint density at radius 3 is 2.26 bits per heavy atom. The number of hydrogen-bond acceptors (Lipinski definition) is 7. The van der Waals surface area contributed by atoms with Gasteiger partial charge in [-0.05, 0) is 56.7 Å². The molecule has 0 aliphatic carbocycles. The van der Waals surface area contributed by atoms with Gasteiger partial charge >= 0.3 is 17.7 Å². The van der Waals surface area contributed by atoms with E-state index in [9.17, 15) is 14.4 Å². The van der Waals surface area contributed by atoms with Crippen LogP contribution in [0.2, 0.25) is 0 Å². The number of alkyl carbamates (subject to hydrolysis) is 1. The number of methoxy groups -OCH3 is 1. The first-order valence-corrected chi connectivity index (χ1v) is 11.0. The molecule has 3 aromatic carbocycles. The molecular weight excluding hydrogens is 450 g/mol. The van der Waals surface area contributed by atoms with Gasteiger partial charge in [-0.3, -0.25) is 0 Å². The van der Waals surface area contributed by atoms with Crippen LogP contribution in [0.5, 0.6) is 11.5 Å². The van der Waals surface area contributed by atoms with E-state index in [1.54, 1.807) is 81.4 Å². The predicted molar refractivity (Wildman–Crippen MR) is 131 cm³/mol. The van der Waals surface area contributed by atoms with Crippen molar-refractivity contribution < 1.29 is 28.2 Å². The van der Waals surface area contributed by atoms with Crippen LogP contribution < -0.4 is 20.4 Å². The van der Waals surface area contributed by atoms with Gasteiger partial charge in [0.25, 0.3) is 0 Å². The van der Waals surface area contributed by atoms with Gasteiger partial charge in [0.1, 0.15) is 22.7 Å². The second-order valence-electron chi connectivity index (χ2n) is 8.87. The summed E-state index contributed by atoms with van der Waals surface area (Å²) < 4.78 is 21.5. The van der Waals surface area contributed by atoms with Crippen molar-refractivity contribution in [3.63, 3.8) is 0 Å². The van der Waals surface area contributed by atoms with Crippen molar-refractivity contribution >= 4 is 33.8 Å². The number of esters is 1. The van der Waals surface area contributed by atoms with E-state index < -0.39 is 29.3 Å². The molecule has 1 N–H and O–H groups in total. The maximum Gasteiger partial charge on any atom is 0.408 e. The zero-order valence-electron chi connectivity index (χ0n) is 19.8. The zero-order valence-corrected chi connectivity index (χ0v) is 19.8. The average molecular weight is 475 g/mol. The van der Waals surface area contributed by atoms with Gasteiger partial charge in [-0.1, -0.05) is 30.3 Å². The lowest BCUT2D eigenvalue weighted by Gasteiger charge is -2.23. The lowest BCUT2D eigenvalue weighted by atomic mass is 10.1. The van der Waals surface area contributed by atoms with Crippen molar-refractivity contribution in [2.75, 3.05) is 7.11 Å². The third kappa shape index (κ3) is 5.43. The Balaban J connectivity index is 1.64. The van der Waals surface area contributed by atoms with Crippen molar-refractivity contribution in [2.45, 2.75) is 32.4 Å². The fraction of sp³-hybridized carbons (Fsp3) is 0.222. The first-order valence-electron chi connectivity index (χ1n) is 11.0. The number of fused-ring (bicyclic) bond motifs is 3. The molecule has 8 heteroatoms. The molecule has 4 rings (SSSR count). The Labute approximate surface area is 201 Å². The maximum atomic E-state index is 13.1. The van der Waals surface area contributed by atoms with Gasteiger partial charge < -0.3 is 23.9 Å². The minimum Gasteiger partial charge on any atom is -0.497 e. The van der Waals surface area contributed by atoms with E-state index in [1.165, 1.54) is 13.2 Å². The van der Waals surface area contributed by atoms with Crippen LogP contribution in [0.3, 0.4) is 0 Å². The molecule has 35 heavy (non-hydrogen) atoms. The van der Waals surface area contributed by atoms with Gasteiger partial charge in [0.05, 0.1) is 12.5 Å². The third-order valence-corrected chi connectivity index (χ3v) is 5.14. The number of carbonyl (C=O) groups excluding carboxylic acids is 2. The highest BCUT2D eigenvalue weighted by atomic mass is 16.6. The molecule has 0 spiro atoms. The number of ether oxygens (including phenoxy) is 3. The molecule has 1 amide bonds. The summed E-state index contributed by atoms with van der Waals surface area (Å²) in [4.78, 5) is 38.0. The highest BCUT2D eigenvalue weighted by molar-refractivity contribution is 6.05. The van der Waals surface area contributed by atoms with Crippen LogP contribution in [0, 0.1) is 0 Å². The van der Waals surface area contributed by atoms with Gasteiger partial charge in [-0.2, -0.15) is 0 Å². The molecule has 0 bridgehead atoms. The normalized spacial score (nSPS) is 12.2. The summed E-state index contributed by atoms with van der Waals surface area (Å²) in [6.07, 6.45) is -0.755. The van der Waals surface area contributed by atoms with E-state index in [0.717, 1.165) is 0 Å². The van der Waals surface area contributed by atoms with E-state index in [0.29, 0.717) is 27.5 Å². The van der Waals surface area contributed by atoms with Crippen LogP contribution in [0.15, 0.2) is 75.9 Å². The molecule has 0 fully saturated rings. The summed E-state index contributed by atoms with van der Waals surface area (Å²) in [7, 11) is 1.52. The van der Waals surface area contributed by atoms with Crippen LogP contribution >= 0.6 is 0 Å². The van der Waals surface area contributed by atoms with Crippen molar-refractivity contribution in [2.24, 2.45) is 0 Å². The molecule has 0 unspecified atom stereocenters. The minimum absolute atomic E-state index is 0.158. The van der Waals surface area contributed by atoms with Gasteiger partial charge in [0.2, 0.25) is 0 Å². The Morgan fingerprint density at radius 2 is 1.57 bits per heavy atom. The number of rotatable bonds is 5. The van der Waals surface area contributed by atoms with E-state index in [4.69, 9.17) is 18.6 Å². The van der Waals surface area contributed by atoms with Crippen LogP contribution in [-0.2, 0) is 9.53 Å². The van der Waals surface area contributed by atoms with Gasteiger partial charge in [-0.15, -0.1) is 0 Å². The number of hydrogen-bond donors (Lipinski definition) is 1. The van der Waals surface area contributed by atoms with E-state index >= 15 is 0 Å². The van der Waals surface area contributed by atoms with Crippen LogP contribution in [-0.4, -0.2) is 24.8 Å². The van der Waals surface area contributed by atoms with Gasteiger partial charge in [-0.25, -0.2) is 14.4 Å². The lowest BCUT2D eigenvalue weighted by Crippen LogP contribution is -2.39. The quantitative estimate of drug-likeness (QED) is 0.185. The van der Waals surface area contributed by atoms with Crippen LogP contribution in [0.4, 0.5) is 4.79 Å². The highest BCUT2D eigenvalue weighted by Gasteiger charge is 2.27. The van der Waals surface area contributed by atoms with E-state index in [1.807, 2.05) is 0 Å². The second kappa shape index (κ2) is 9.50. The molecular formula is C27H25NO7. The maximum absolute atomic E-state index is 13.1. The fourth-order valence-corrected chi connectivity index (χ4v) is 3.61. The smallest absolute Gasteiger partial charge is 0.408 e. The third-order valence-electron chi connectivity index (χ3n) is 5.14. The predicted octanol–water partition coefficient (Wildman–Crippen LogP) is 5.13. The Bertz CT molecular complexity index is 1450. The Kier molecular flexibility index (Phi) is 6.46. The average Bonchev–Trinajstić information content (AvgIpc) is 2.81. The molecule has 0 saturated carbocycles. The molecule has 1 atom stereocenters. The van der Waals surface area contributed by atoms with Crippen molar-refractivity contribution in [1.82, 2.24) is 5.32 Å². The first-order chi connectivity index (χ1) is 16.6. The molecule has 8 nitrogen and oxygen atoms in total. The standard InChI is InChI=1S/C27H25NO7/c1-27(2,3)35-26(31)28-23(16-8-6-5-7-9-16)25(30)33-18-11-13-20-19-12-10-17(32-4)14-21(19)24(29)34-22(20)15-18/h5-15,23H,1-4H3,(H,28,31)/t23-/m1/s1. The van der Waals surface area contributed by atoms with Crippen LogP contribution in [0.1, 0.15) is 32.4 Å². The summed E-state index contributed by atoms with van der Waals surface area (Å²) in [5, 5.41) is 4.31. The minimum atomic E-state index is -1.11. The van der Waals surface area contributed by atoms with Crippen LogP contribution in [0.25, 0.3) is 21.7 Å². The SMILES string of the molecule is COc1ccc2c(c1)c(=O)oc1cc(OC(=O)[C@H](NC(=O)OC(C)(C)C)c3ccccc3)ccc12. The topological polar surface area (TPSA) is 104 Å². The number of amides is 1. The molecule has 0 aliphatic heterocycles. The van der Waals surface area contributed by atoms with E-state index in [2.05, 4.69) is 5.32 Å². The molecule has 0 saturated heterocycles. The number of nitrogens with one attached hydrogen (secondary N) is 1. The van der Waals surface area contributed by atoms with Gasteiger partial charge in [0.15, 0.2) is 6.04 Å². The molecule has 180 valence electrons. The Morgan fingerprint density at radius 1 is 0.886 bits per heavy atom. The lowest BCUT2D eigenvalue weighted by molar-refractivity contribution is -0.137. The second-order valence-corrected chi connectivity index (χ2v) is 8.87. The largest absolute Gasteiger partial charge is 0.497 e. The monoisotopic (exact) mass is 475 g/mol. The van der Waals surface area contributed by atoms with Crippen molar-refractivity contribution in [3.05, 3.63) is 82.7 Å².